The van der Waals surface area contributed by atoms with Gasteiger partial charge in [0.05, 0.1) is 12.2 Å². The summed E-state index contributed by atoms with van der Waals surface area (Å²) in [5.41, 5.74) is 0.651. The highest BCUT2D eigenvalue weighted by Crippen LogP contribution is 2.69. The first-order valence-corrected chi connectivity index (χ1v) is 12.4. The summed E-state index contributed by atoms with van der Waals surface area (Å²) in [5.74, 6) is 3.73. The molecule has 0 spiro atoms. The fourth-order valence-electron chi connectivity index (χ4n) is 9.17. The maximum atomic E-state index is 11.7. The third kappa shape index (κ3) is 2.97. The molecule has 0 bridgehead atoms. The summed E-state index contributed by atoms with van der Waals surface area (Å²) < 4.78 is 5.70. The van der Waals surface area contributed by atoms with Crippen LogP contribution in [0.25, 0.3) is 0 Å². The second-order valence-electron chi connectivity index (χ2n) is 11.4. The van der Waals surface area contributed by atoms with Crippen LogP contribution in [0.5, 0.6) is 0 Å². The topological polar surface area (TPSA) is 49.7 Å². The molecular weight excluding hydrogens is 367 g/mol. The van der Waals surface area contributed by atoms with Crippen LogP contribution in [0, 0.1) is 52.3 Å². The minimum atomic E-state index is -0.163. The van der Waals surface area contributed by atoms with Gasteiger partial charge in [-0.25, -0.2) is 0 Å². The van der Waals surface area contributed by atoms with E-state index in [1.54, 1.807) is 0 Å². The van der Waals surface area contributed by atoms with Gasteiger partial charge in [0, 0.05) is 16.1 Å². The molecule has 4 fully saturated rings. The molecule has 4 heteroatoms. The minimum Gasteiger partial charge on any atom is -0.396 e. The third-order valence-corrected chi connectivity index (χ3v) is 11.0. The summed E-state index contributed by atoms with van der Waals surface area (Å²) in [6.45, 7) is 9.88. The van der Waals surface area contributed by atoms with Gasteiger partial charge in [-0.2, -0.15) is 0 Å². The second kappa shape index (κ2) is 7.77. The van der Waals surface area contributed by atoms with Crippen molar-refractivity contribution in [2.24, 2.45) is 52.3 Å². The van der Waals surface area contributed by atoms with Crippen LogP contribution in [-0.2, 0) is 4.52 Å². The fraction of sp³-hybridized carbons (Fsp3) is 1.00. The zero-order valence-electron chi connectivity index (χ0n) is 18.4. The molecule has 0 heterocycles. The molecular formula is C24H43O3P. The largest absolute Gasteiger partial charge is 0.396 e. The molecule has 2 unspecified atom stereocenters. The van der Waals surface area contributed by atoms with Gasteiger partial charge in [-0.05, 0) is 97.2 Å². The Morgan fingerprint density at radius 1 is 1.04 bits per heavy atom. The Hall–Kier alpha value is 0.310. The van der Waals surface area contributed by atoms with E-state index in [0.717, 1.165) is 12.8 Å². The summed E-state index contributed by atoms with van der Waals surface area (Å²) in [4.78, 5) is 0. The predicted molar refractivity (Wildman–Crippen MR) is 117 cm³/mol. The molecule has 4 saturated carbocycles. The number of fused-ring (bicyclic) bond motifs is 5. The van der Waals surface area contributed by atoms with Gasteiger partial charge in [0.25, 0.3) is 0 Å². The molecule has 4 aliphatic carbocycles. The Labute approximate surface area is 174 Å². The first-order chi connectivity index (χ1) is 13.3. The number of aliphatic hydroxyl groups is 2. The van der Waals surface area contributed by atoms with E-state index < -0.39 is 0 Å². The van der Waals surface area contributed by atoms with E-state index in [1.165, 1.54) is 38.5 Å². The SMILES string of the molecule is CC[C@H]1[C@@H](O)[C@@H]2[C@H](CC[C@]3(C)C([C@H](C)CO)CC[C@@H]23)[C@@]2(C)CC[C@@H](OP)C[C@@H]12. The van der Waals surface area contributed by atoms with Crippen molar-refractivity contribution < 1.29 is 14.7 Å². The highest BCUT2D eigenvalue weighted by atomic mass is 31.0. The third-order valence-electron chi connectivity index (χ3n) is 10.6. The Morgan fingerprint density at radius 3 is 2.36 bits per heavy atom. The average molecular weight is 411 g/mol. The van der Waals surface area contributed by atoms with Gasteiger partial charge >= 0.3 is 0 Å². The van der Waals surface area contributed by atoms with Crippen molar-refractivity contribution in [3.63, 3.8) is 0 Å². The molecule has 0 amide bonds. The average Bonchev–Trinajstić information content (AvgIpc) is 3.05. The maximum absolute atomic E-state index is 11.7. The van der Waals surface area contributed by atoms with Crippen molar-refractivity contribution in [3.05, 3.63) is 0 Å². The number of rotatable bonds is 4. The van der Waals surface area contributed by atoms with Crippen LogP contribution in [0.1, 0.15) is 79.1 Å². The number of aliphatic hydroxyl groups excluding tert-OH is 2. The Kier molecular flexibility index (Phi) is 5.98. The highest BCUT2D eigenvalue weighted by molar-refractivity contribution is 7.09. The van der Waals surface area contributed by atoms with Gasteiger partial charge in [0.1, 0.15) is 0 Å². The molecule has 0 aromatic carbocycles. The van der Waals surface area contributed by atoms with Crippen LogP contribution in [0.15, 0.2) is 0 Å². The van der Waals surface area contributed by atoms with Crippen molar-refractivity contribution in [3.8, 4) is 0 Å². The molecule has 3 nitrogen and oxygen atoms in total. The van der Waals surface area contributed by atoms with Crippen molar-refractivity contribution in [2.75, 3.05) is 6.61 Å². The summed E-state index contributed by atoms with van der Waals surface area (Å²) in [5, 5.41) is 21.6. The van der Waals surface area contributed by atoms with Crippen LogP contribution in [-0.4, -0.2) is 29.0 Å². The van der Waals surface area contributed by atoms with Crippen molar-refractivity contribution in [2.45, 2.75) is 91.3 Å². The first kappa shape index (κ1) is 21.5. The van der Waals surface area contributed by atoms with E-state index >= 15 is 0 Å². The zero-order valence-corrected chi connectivity index (χ0v) is 19.6. The lowest BCUT2D eigenvalue weighted by Gasteiger charge is -2.65. The van der Waals surface area contributed by atoms with Gasteiger partial charge in [-0.1, -0.05) is 34.1 Å². The van der Waals surface area contributed by atoms with Gasteiger partial charge in [-0.15, -0.1) is 0 Å². The van der Waals surface area contributed by atoms with Crippen LogP contribution < -0.4 is 0 Å². The fourth-order valence-corrected chi connectivity index (χ4v) is 9.42. The van der Waals surface area contributed by atoms with E-state index in [4.69, 9.17) is 4.52 Å². The van der Waals surface area contributed by atoms with E-state index in [1.807, 2.05) is 0 Å². The smallest absolute Gasteiger partial charge is 0.0614 e. The molecule has 4 aliphatic rings. The van der Waals surface area contributed by atoms with Crippen molar-refractivity contribution >= 4 is 9.47 Å². The Balaban J connectivity index is 1.68. The normalized spacial score (nSPS) is 54.5. The lowest BCUT2D eigenvalue weighted by atomic mass is 9.41. The second-order valence-corrected chi connectivity index (χ2v) is 11.7. The summed E-state index contributed by atoms with van der Waals surface area (Å²) in [6, 6.07) is 0. The summed E-state index contributed by atoms with van der Waals surface area (Å²) in [6.07, 6.45) is 9.82. The molecule has 28 heavy (non-hydrogen) atoms. The molecule has 0 radical (unpaired) electrons. The van der Waals surface area contributed by atoms with Crippen LogP contribution in [0.3, 0.4) is 0 Å². The molecule has 0 aromatic rings. The van der Waals surface area contributed by atoms with Crippen LogP contribution in [0.4, 0.5) is 0 Å². The molecule has 2 N–H and O–H groups in total. The molecule has 0 saturated heterocycles. The van der Waals surface area contributed by atoms with Crippen LogP contribution >= 0.6 is 9.47 Å². The number of hydrogen-bond donors (Lipinski definition) is 2. The molecule has 0 aromatic heterocycles. The van der Waals surface area contributed by atoms with Gasteiger partial charge in [0.15, 0.2) is 0 Å². The monoisotopic (exact) mass is 410 g/mol. The zero-order chi connectivity index (χ0) is 20.3. The lowest BCUT2D eigenvalue weighted by Crippen LogP contribution is -2.62. The van der Waals surface area contributed by atoms with Crippen molar-refractivity contribution in [1.82, 2.24) is 0 Å². The first-order valence-electron chi connectivity index (χ1n) is 12.0. The summed E-state index contributed by atoms with van der Waals surface area (Å²) in [7, 11) is 2.48. The van der Waals surface area contributed by atoms with Crippen LogP contribution in [0.2, 0.25) is 0 Å². The minimum absolute atomic E-state index is 0.163. The molecule has 4 rings (SSSR count). The highest BCUT2D eigenvalue weighted by Gasteiger charge is 2.64. The lowest BCUT2D eigenvalue weighted by molar-refractivity contribution is -0.201. The van der Waals surface area contributed by atoms with Gasteiger partial charge < -0.3 is 14.7 Å². The Morgan fingerprint density at radius 2 is 1.71 bits per heavy atom. The van der Waals surface area contributed by atoms with E-state index in [-0.39, 0.29) is 6.10 Å². The van der Waals surface area contributed by atoms with Gasteiger partial charge in [-0.3, -0.25) is 0 Å². The standard InChI is InChI=1S/C24H43O3P/c1-5-16-20-12-15(27-28)8-10-24(20,4)19-9-11-23(3)17(14(2)13-25)6-7-18(23)21(19)22(16)26/h14-22,25-26H,5-13,28H2,1-4H3/t14-,15-,16-,17?,18+,19+,20+,21+,22-,23-,24-/m1/s1. The maximum Gasteiger partial charge on any atom is 0.0614 e. The number of hydrogen-bond acceptors (Lipinski definition) is 3. The van der Waals surface area contributed by atoms with Gasteiger partial charge in [0.2, 0.25) is 0 Å². The van der Waals surface area contributed by atoms with E-state index in [0.29, 0.717) is 65.0 Å². The van der Waals surface area contributed by atoms with E-state index in [2.05, 4.69) is 37.2 Å². The molecule has 0 aliphatic heterocycles. The summed E-state index contributed by atoms with van der Waals surface area (Å²) >= 11 is 0. The Bertz CT molecular complexity index is 570. The quantitative estimate of drug-likeness (QED) is 0.637. The molecule has 12 atom stereocenters. The van der Waals surface area contributed by atoms with E-state index in [9.17, 15) is 10.2 Å². The predicted octanol–water partition coefficient (Wildman–Crippen LogP) is 5.06. The molecule has 162 valence electrons. The van der Waals surface area contributed by atoms with Crippen molar-refractivity contribution in [1.29, 1.82) is 0 Å².